The molecule has 7 rings (SSSR count). The SMILES string of the molecule is CCN(CC)[C@@H](C(=O)N1CCC[C@H]1C(=O)Cc1ccc2[nH]c(-c3ccc(NC(=O)[C@@H]4CCCN4C(=O)[C@@H](c4ccccc4)N(CC)CC)cc3)cc2c1)c1ccccc1. The molecule has 59 heavy (non-hydrogen) atoms. The van der Waals surface area contributed by atoms with Crippen LogP contribution >= 0.6 is 0 Å². The average Bonchev–Trinajstić information content (AvgIpc) is 4.06. The van der Waals surface area contributed by atoms with Crippen LogP contribution in [0.1, 0.15) is 82.2 Å². The fourth-order valence-corrected chi connectivity index (χ4v) is 9.18. The topological polar surface area (TPSA) is 109 Å². The van der Waals surface area contributed by atoms with Gasteiger partial charge in [0.25, 0.3) is 0 Å². The first-order chi connectivity index (χ1) is 28.7. The number of benzene rings is 4. The van der Waals surface area contributed by atoms with Gasteiger partial charge in [-0.1, -0.05) is 107 Å². The van der Waals surface area contributed by atoms with E-state index in [1.165, 1.54) is 0 Å². The van der Waals surface area contributed by atoms with Crippen molar-refractivity contribution in [1.29, 1.82) is 0 Å². The summed E-state index contributed by atoms with van der Waals surface area (Å²) in [7, 11) is 0. The third kappa shape index (κ3) is 9.04. The summed E-state index contributed by atoms with van der Waals surface area (Å²) in [6.45, 7) is 12.4. The number of aromatic amines is 1. The molecule has 0 unspecified atom stereocenters. The highest BCUT2D eigenvalue weighted by molar-refractivity contribution is 5.99. The first kappa shape index (κ1) is 41.6. The summed E-state index contributed by atoms with van der Waals surface area (Å²) in [5, 5.41) is 4.08. The zero-order valence-electron chi connectivity index (χ0n) is 34.9. The van der Waals surface area contributed by atoms with E-state index in [1.807, 2.05) is 102 Å². The van der Waals surface area contributed by atoms with E-state index in [0.717, 1.165) is 77.9 Å². The molecule has 0 radical (unpaired) electrons. The molecule has 0 spiro atoms. The number of amides is 3. The number of carbonyl (C=O) groups excluding carboxylic acids is 4. The van der Waals surface area contributed by atoms with Crippen molar-refractivity contribution in [3.63, 3.8) is 0 Å². The minimum atomic E-state index is -0.533. The molecule has 5 aromatic rings. The quantitative estimate of drug-likeness (QED) is 0.105. The van der Waals surface area contributed by atoms with E-state index in [2.05, 4.69) is 59.9 Å². The van der Waals surface area contributed by atoms with Gasteiger partial charge in [-0.2, -0.15) is 0 Å². The third-order valence-corrected chi connectivity index (χ3v) is 12.3. The second-order valence-corrected chi connectivity index (χ2v) is 15.8. The summed E-state index contributed by atoms with van der Waals surface area (Å²) in [4.78, 5) is 67.2. The Kier molecular flexibility index (Phi) is 13.4. The van der Waals surface area contributed by atoms with Crippen LogP contribution in [0.3, 0.4) is 0 Å². The van der Waals surface area contributed by atoms with Crippen molar-refractivity contribution in [3.8, 4) is 11.3 Å². The highest BCUT2D eigenvalue weighted by atomic mass is 16.2. The van der Waals surface area contributed by atoms with E-state index >= 15 is 0 Å². The van der Waals surface area contributed by atoms with E-state index < -0.39 is 24.2 Å². The van der Waals surface area contributed by atoms with Crippen LogP contribution in [0.5, 0.6) is 0 Å². The molecule has 3 amide bonds. The monoisotopic (exact) mass is 794 g/mol. The fourth-order valence-electron chi connectivity index (χ4n) is 9.18. The number of anilines is 1. The molecule has 10 nitrogen and oxygen atoms in total. The highest BCUT2D eigenvalue weighted by Gasteiger charge is 2.40. The van der Waals surface area contributed by atoms with Crippen LogP contribution in [-0.2, 0) is 25.6 Å². The summed E-state index contributed by atoms with van der Waals surface area (Å²) in [5.74, 6) is -0.129. The number of nitrogens with zero attached hydrogens (tertiary/aromatic N) is 4. The lowest BCUT2D eigenvalue weighted by Crippen LogP contribution is -2.48. The smallest absolute Gasteiger partial charge is 0.247 e. The number of likely N-dealkylation sites (tertiary alicyclic amines) is 2. The van der Waals surface area contributed by atoms with Gasteiger partial charge in [0.05, 0.1) is 6.04 Å². The van der Waals surface area contributed by atoms with Gasteiger partial charge in [0.1, 0.15) is 18.1 Å². The minimum absolute atomic E-state index is 0.00512. The Hall–Kier alpha value is -5.58. The van der Waals surface area contributed by atoms with E-state index in [0.29, 0.717) is 31.6 Å². The highest BCUT2D eigenvalue weighted by Crippen LogP contribution is 2.32. The van der Waals surface area contributed by atoms with Crippen LogP contribution in [0, 0.1) is 0 Å². The molecule has 2 saturated heterocycles. The Morgan fingerprint density at radius 1 is 0.661 bits per heavy atom. The van der Waals surface area contributed by atoms with E-state index in [4.69, 9.17) is 0 Å². The summed E-state index contributed by atoms with van der Waals surface area (Å²) < 4.78 is 0. The van der Waals surface area contributed by atoms with Crippen LogP contribution in [0.2, 0.25) is 0 Å². The van der Waals surface area contributed by atoms with Gasteiger partial charge in [-0.05, 0) is 104 Å². The Balaban J connectivity index is 1.000. The molecule has 2 aliphatic heterocycles. The van der Waals surface area contributed by atoms with Gasteiger partial charge in [0.2, 0.25) is 17.7 Å². The number of fused-ring (bicyclic) bond motifs is 1. The number of nitrogens with one attached hydrogen (secondary N) is 2. The fraction of sp³-hybridized carbons (Fsp3) is 0.388. The summed E-state index contributed by atoms with van der Waals surface area (Å²) in [5.41, 5.74) is 6.33. The number of carbonyl (C=O) groups is 4. The molecular formula is C49H58N6O4. The van der Waals surface area contributed by atoms with Crippen molar-refractivity contribution in [1.82, 2.24) is 24.6 Å². The van der Waals surface area contributed by atoms with Crippen molar-refractivity contribution >= 4 is 40.1 Å². The maximum Gasteiger partial charge on any atom is 0.247 e. The maximum absolute atomic E-state index is 14.2. The van der Waals surface area contributed by atoms with Gasteiger partial charge >= 0.3 is 0 Å². The summed E-state index contributed by atoms with van der Waals surface area (Å²) >= 11 is 0. The van der Waals surface area contributed by atoms with E-state index in [-0.39, 0.29) is 29.9 Å². The van der Waals surface area contributed by atoms with E-state index in [1.54, 1.807) is 4.90 Å². The Bertz CT molecular complexity index is 2210. The first-order valence-electron chi connectivity index (χ1n) is 21.5. The molecule has 2 N–H and O–H groups in total. The number of aromatic nitrogens is 1. The molecule has 4 atom stereocenters. The molecule has 308 valence electrons. The predicted molar refractivity (Wildman–Crippen MR) is 235 cm³/mol. The Labute approximate surface area is 348 Å². The number of rotatable bonds is 16. The summed E-state index contributed by atoms with van der Waals surface area (Å²) in [6, 6.07) is 33.8. The number of hydrogen-bond acceptors (Lipinski definition) is 6. The van der Waals surface area contributed by atoms with Gasteiger partial charge in [0.15, 0.2) is 5.78 Å². The number of likely N-dealkylation sites (N-methyl/N-ethyl adjacent to an activating group) is 2. The van der Waals surface area contributed by atoms with Gasteiger partial charge in [0, 0.05) is 41.8 Å². The molecule has 0 aliphatic carbocycles. The van der Waals surface area contributed by atoms with Gasteiger partial charge in [-0.15, -0.1) is 0 Å². The largest absolute Gasteiger partial charge is 0.355 e. The molecule has 4 aromatic carbocycles. The molecule has 10 heteroatoms. The van der Waals surface area contributed by atoms with Crippen LogP contribution < -0.4 is 5.32 Å². The number of Topliss-reactive ketones (excluding diaryl/α,β-unsaturated/α-hetero) is 1. The first-order valence-corrected chi connectivity index (χ1v) is 21.5. The average molecular weight is 795 g/mol. The summed E-state index contributed by atoms with van der Waals surface area (Å²) in [6.07, 6.45) is 3.16. The minimum Gasteiger partial charge on any atom is -0.355 e. The lowest BCUT2D eigenvalue weighted by molar-refractivity contribution is -0.142. The Morgan fingerprint density at radius 2 is 1.19 bits per heavy atom. The molecule has 3 heterocycles. The van der Waals surface area contributed by atoms with Crippen LogP contribution in [0.25, 0.3) is 22.2 Å². The molecule has 1 aromatic heterocycles. The van der Waals surface area contributed by atoms with E-state index in [9.17, 15) is 19.2 Å². The zero-order chi connectivity index (χ0) is 41.5. The van der Waals surface area contributed by atoms with Crippen LogP contribution in [-0.4, -0.2) is 99.4 Å². The maximum atomic E-state index is 14.2. The van der Waals surface area contributed by atoms with Gasteiger partial charge in [-0.25, -0.2) is 0 Å². The Morgan fingerprint density at radius 3 is 1.73 bits per heavy atom. The number of hydrogen-bond donors (Lipinski definition) is 2. The van der Waals surface area contributed by atoms with Crippen LogP contribution in [0.15, 0.2) is 109 Å². The molecule has 0 saturated carbocycles. The van der Waals surface area contributed by atoms with Crippen molar-refractivity contribution in [2.75, 3.05) is 44.6 Å². The van der Waals surface area contributed by atoms with Crippen molar-refractivity contribution in [2.24, 2.45) is 0 Å². The second-order valence-electron chi connectivity index (χ2n) is 15.8. The normalized spacial score (nSPS) is 17.8. The lowest BCUT2D eigenvalue weighted by Gasteiger charge is -2.34. The molecule has 2 fully saturated rings. The van der Waals surface area contributed by atoms with Gasteiger partial charge < -0.3 is 20.1 Å². The van der Waals surface area contributed by atoms with Crippen molar-refractivity contribution in [3.05, 3.63) is 126 Å². The lowest BCUT2D eigenvalue weighted by atomic mass is 9.99. The number of ketones is 1. The molecular weight excluding hydrogens is 737 g/mol. The van der Waals surface area contributed by atoms with Crippen LogP contribution in [0.4, 0.5) is 5.69 Å². The third-order valence-electron chi connectivity index (χ3n) is 12.3. The van der Waals surface area contributed by atoms with Crippen molar-refractivity contribution < 1.29 is 19.2 Å². The zero-order valence-corrected chi connectivity index (χ0v) is 34.9. The number of H-pyrrole nitrogens is 1. The molecule has 2 aliphatic rings. The predicted octanol–water partition coefficient (Wildman–Crippen LogP) is 8.03. The van der Waals surface area contributed by atoms with Crippen molar-refractivity contribution in [2.45, 2.75) is 84.0 Å². The second kappa shape index (κ2) is 19.0. The van der Waals surface area contributed by atoms with Gasteiger partial charge in [-0.3, -0.25) is 29.0 Å². The molecule has 0 bridgehead atoms. The standard InChI is InChI=1S/C49H58N6O4/c1-5-52(6-2)45(36-17-11-9-12-18-36)48(58)54-29-15-21-42(54)44(56)32-34-23-28-40-38(31-34)33-41(51-40)35-24-26-39(27-25-35)50-47(57)43-22-16-30-55(43)49(59)46(53(7-3)8-4)37-19-13-10-14-20-37/h9-14,17-20,23-28,31,33,42-43,45-46,51H,5-8,15-16,21-22,29-30,32H2,1-4H3,(H,50,57)/t42-,43-,45+,46+/m0/s1.